The van der Waals surface area contributed by atoms with Crippen molar-refractivity contribution >= 4 is 6.08 Å². The van der Waals surface area contributed by atoms with E-state index in [0.29, 0.717) is 17.1 Å². The van der Waals surface area contributed by atoms with Gasteiger partial charge < -0.3 is 4.52 Å². The third-order valence-corrected chi connectivity index (χ3v) is 1.80. The van der Waals surface area contributed by atoms with Crippen LogP contribution in [0, 0.1) is 0 Å². The molecule has 15 heavy (non-hydrogen) atoms. The van der Waals surface area contributed by atoms with Crippen LogP contribution in [-0.2, 0) is 0 Å². The Kier molecular flexibility index (Phi) is 2.58. The highest BCUT2D eigenvalue weighted by atomic mass is 19.1. The zero-order chi connectivity index (χ0) is 10.7. The van der Waals surface area contributed by atoms with Crippen molar-refractivity contribution in [3.63, 3.8) is 0 Å². The van der Waals surface area contributed by atoms with Crippen LogP contribution in [0.25, 0.3) is 17.5 Å². The van der Waals surface area contributed by atoms with Crippen LogP contribution >= 0.6 is 0 Å². The number of hydrogen-bond donors (Lipinski definition) is 0. The normalized spacial score (nSPS) is 11.7. The second kappa shape index (κ2) is 4.04. The van der Waals surface area contributed by atoms with E-state index < -0.39 is 0 Å². The van der Waals surface area contributed by atoms with Gasteiger partial charge in [0.15, 0.2) is 5.76 Å². The Labute approximate surface area is 86.2 Å². The van der Waals surface area contributed by atoms with Crippen molar-refractivity contribution in [1.82, 2.24) is 10.1 Å². The largest absolute Gasteiger partial charge is 0.356 e. The summed E-state index contributed by atoms with van der Waals surface area (Å²) in [5, 5.41) is 3.79. The van der Waals surface area contributed by atoms with Gasteiger partial charge in [-0.3, -0.25) is 4.98 Å². The minimum absolute atomic E-state index is 0.321. The van der Waals surface area contributed by atoms with Crippen LogP contribution in [-0.4, -0.2) is 10.1 Å². The van der Waals surface area contributed by atoms with E-state index in [9.17, 15) is 4.39 Å². The second-order valence-corrected chi connectivity index (χ2v) is 3.06. The minimum Gasteiger partial charge on any atom is -0.356 e. The van der Waals surface area contributed by atoms with Gasteiger partial charge in [0.2, 0.25) is 0 Å². The molecule has 0 amide bonds. The molecule has 0 saturated carbocycles. The van der Waals surface area contributed by atoms with Crippen molar-refractivity contribution in [2.45, 2.75) is 6.92 Å². The van der Waals surface area contributed by atoms with E-state index in [0.717, 1.165) is 0 Å². The molecule has 2 rings (SSSR count). The number of allylic oxidation sites excluding steroid dienone is 1. The second-order valence-electron chi connectivity index (χ2n) is 3.06. The molecule has 0 spiro atoms. The summed E-state index contributed by atoms with van der Waals surface area (Å²) >= 11 is 0. The summed E-state index contributed by atoms with van der Waals surface area (Å²) in [6.07, 6.45) is 2.94. The summed E-state index contributed by atoms with van der Waals surface area (Å²) in [5.41, 5.74) is 1.31. The van der Waals surface area contributed by atoms with Crippen molar-refractivity contribution in [1.29, 1.82) is 0 Å². The quantitative estimate of drug-likeness (QED) is 0.754. The Hall–Kier alpha value is -1.97. The predicted molar refractivity (Wildman–Crippen MR) is 54.5 cm³/mol. The van der Waals surface area contributed by atoms with Gasteiger partial charge in [-0.1, -0.05) is 11.2 Å². The van der Waals surface area contributed by atoms with Crippen LogP contribution in [0.1, 0.15) is 12.7 Å². The summed E-state index contributed by atoms with van der Waals surface area (Å²) in [7, 11) is 0. The molecular formula is C11H9FN2O. The smallest absolute Gasteiger partial charge is 0.162 e. The third-order valence-electron chi connectivity index (χ3n) is 1.80. The molecule has 0 aliphatic heterocycles. The third kappa shape index (κ3) is 2.28. The molecule has 4 heteroatoms. The summed E-state index contributed by atoms with van der Waals surface area (Å²) < 4.78 is 17.5. The lowest BCUT2D eigenvalue weighted by Gasteiger charge is -1.90. The first-order valence-corrected chi connectivity index (χ1v) is 4.47. The van der Waals surface area contributed by atoms with E-state index in [-0.39, 0.29) is 5.83 Å². The number of pyridine rings is 1. The molecule has 2 aromatic heterocycles. The van der Waals surface area contributed by atoms with Crippen LogP contribution in [0.4, 0.5) is 4.39 Å². The number of rotatable bonds is 2. The van der Waals surface area contributed by atoms with Crippen molar-refractivity contribution in [3.8, 4) is 11.4 Å². The molecule has 3 nitrogen and oxygen atoms in total. The van der Waals surface area contributed by atoms with Crippen LogP contribution in [0.15, 0.2) is 40.8 Å². The zero-order valence-corrected chi connectivity index (χ0v) is 8.14. The maximum Gasteiger partial charge on any atom is 0.162 e. The Morgan fingerprint density at radius 3 is 2.93 bits per heavy atom. The van der Waals surface area contributed by atoms with Crippen molar-refractivity contribution in [2.24, 2.45) is 0 Å². The molecule has 0 bridgehead atoms. The minimum atomic E-state index is -0.321. The molecule has 0 aromatic carbocycles. The topological polar surface area (TPSA) is 38.9 Å². The fourth-order valence-corrected chi connectivity index (χ4v) is 1.19. The summed E-state index contributed by atoms with van der Waals surface area (Å²) in [6, 6.07) is 7.13. The fraction of sp³-hybridized carbons (Fsp3) is 0.0909. The number of aromatic nitrogens is 2. The summed E-state index contributed by atoms with van der Waals surface area (Å²) in [6.45, 7) is 1.35. The molecule has 0 saturated heterocycles. The van der Waals surface area contributed by atoms with Gasteiger partial charge >= 0.3 is 0 Å². The zero-order valence-electron chi connectivity index (χ0n) is 8.14. The highest BCUT2D eigenvalue weighted by Gasteiger charge is 2.05. The molecule has 0 fully saturated rings. The van der Waals surface area contributed by atoms with Gasteiger partial charge in [0.05, 0.1) is 5.69 Å². The Bertz CT molecular complexity index is 472. The first-order valence-electron chi connectivity index (χ1n) is 4.47. The first kappa shape index (κ1) is 9.58. The molecule has 2 heterocycles. The predicted octanol–water partition coefficient (Wildman–Crippen LogP) is 3.07. The maximum absolute atomic E-state index is 12.6. The maximum atomic E-state index is 12.6. The van der Waals surface area contributed by atoms with Crippen molar-refractivity contribution in [3.05, 3.63) is 42.0 Å². The average molecular weight is 204 g/mol. The number of halogens is 1. The van der Waals surface area contributed by atoms with Gasteiger partial charge in [-0.2, -0.15) is 0 Å². The highest BCUT2D eigenvalue weighted by molar-refractivity contribution is 5.57. The van der Waals surface area contributed by atoms with E-state index >= 15 is 0 Å². The standard InChI is InChI=1S/C11H9FN2O/c1-8(12)6-9-7-11(14-15-9)10-4-2-3-5-13-10/h2-7H,1H3/b8-6-. The van der Waals surface area contributed by atoms with E-state index in [1.54, 1.807) is 12.3 Å². The first-order chi connectivity index (χ1) is 7.25. The number of hydrogen-bond acceptors (Lipinski definition) is 3. The summed E-state index contributed by atoms with van der Waals surface area (Å²) in [5.74, 6) is 0.0642. The van der Waals surface area contributed by atoms with Crippen LogP contribution in [0.3, 0.4) is 0 Å². The van der Waals surface area contributed by atoms with Crippen molar-refractivity contribution < 1.29 is 8.91 Å². The van der Waals surface area contributed by atoms with Gasteiger partial charge in [-0.15, -0.1) is 0 Å². The molecule has 0 atom stereocenters. The van der Waals surface area contributed by atoms with Gasteiger partial charge in [0.25, 0.3) is 0 Å². The van der Waals surface area contributed by atoms with E-state index in [1.807, 2.05) is 18.2 Å². The fourth-order valence-electron chi connectivity index (χ4n) is 1.19. The average Bonchev–Trinajstić information content (AvgIpc) is 2.67. The molecule has 2 aromatic rings. The number of nitrogens with zero attached hydrogens (tertiary/aromatic N) is 2. The van der Waals surface area contributed by atoms with E-state index in [1.165, 1.54) is 13.0 Å². The van der Waals surface area contributed by atoms with Gasteiger partial charge in [-0.25, -0.2) is 4.39 Å². The van der Waals surface area contributed by atoms with E-state index in [4.69, 9.17) is 4.52 Å². The molecule has 0 radical (unpaired) electrons. The van der Waals surface area contributed by atoms with Crippen LogP contribution in [0.2, 0.25) is 0 Å². The highest BCUT2D eigenvalue weighted by Crippen LogP contribution is 2.17. The van der Waals surface area contributed by atoms with Crippen LogP contribution in [0.5, 0.6) is 0 Å². The SMILES string of the molecule is C/C(F)=C/c1cc(-c2ccccn2)no1. The monoisotopic (exact) mass is 204 g/mol. The Balaban J connectivity index is 2.32. The molecule has 0 unspecified atom stereocenters. The molecule has 0 aliphatic carbocycles. The van der Waals surface area contributed by atoms with Gasteiger partial charge in [0, 0.05) is 18.3 Å². The summed E-state index contributed by atoms with van der Waals surface area (Å²) in [4.78, 5) is 4.10. The Morgan fingerprint density at radius 1 is 1.40 bits per heavy atom. The lowest BCUT2D eigenvalue weighted by Crippen LogP contribution is -1.79. The lowest BCUT2D eigenvalue weighted by molar-refractivity contribution is 0.414. The molecule has 0 aliphatic rings. The van der Waals surface area contributed by atoms with Gasteiger partial charge in [0.1, 0.15) is 11.5 Å². The Morgan fingerprint density at radius 2 is 2.27 bits per heavy atom. The van der Waals surface area contributed by atoms with Crippen LogP contribution < -0.4 is 0 Å². The molecular weight excluding hydrogens is 195 g/mol. The molecule has 0 N–H and O–H groups in total. The van der Waals surface area contributed by atoms with Crippen molar-refractivity contribution in [2.75, 3.05) is 0 Å². The molecule has 76 valence electrons. The lowest BCUT2D eigenvalue weighted by atomic mass is 10.2. The van der Waals surface area contributed by atoms with Gasteiger partial charge in [-0.05, 0) is 19.1 Å². The van der Waals surface area contributed by atoms with E-state index in [2.05, 4.69) is 10.1 Å².